The van der Waals surface area contributed by atoms with Gasteiger partial charge in [-0.25, -0.2) is 14.8 Å². The molecule has 6 nitrogen and oxygen atoms in total. The number of pyridine rings is 1. The number of carboxylic acids is 1. The zero-order valence-corrected chi connectivity index (χ0v) is 12.5. The van der Waals surface area contributed by atoms with Crippen LogP contribution in [-0.4, -0.2) is 47.2 Å². The number of anilines is 2. The molecule has 1 N–H and O–H groups in total. The van der Waals surface area contributed by atoms with Crippen molar-refractivity contribution in [1.29, 1.82) is 0 Å². The number of nitrogens with zero attached hydrogens (tertiary/aromatic N) is 4. The zero-order chi connectivity index (χ0) is 14.8. The fourth-order valence-corrected chi connectivity index (χ4v) is 3.23. The lowest BCUT2D eigenvalue weighted by atomic mass is 10.1. The van der Waals surface area contributed by atoms with Crippen LogP contribution in [-0.2, 0) is 0 Å². The summed E-state index contributed by atoms with van der Waals surface area (Å²) in [5, 5.41) is 12.4. The van der Waals surface area contributed by atoms with Crippen LogP contribution in [0.5, 0.6) is 0 Å². The van der Waals surface area contributed by atoms with Crippen molar-refractivity contribution in [3.05, 3.63) is 35.0 Å². The third-order valence-electron chi connectivity index (χ3n) is 3.62. The molecule has 2 aromatic rings. The average molecular weight is 304 g/mol. The highest BCUT2D eigenvalue weighted by molar-refractivity contribution is 7.13. The summed E-state index contributed by atoms with van der Waals surface area (Å²) in [7, 11) is 0. The molecule has 7 heteroatoms. The lowest BCUT2D eigenvalue weighted by Gasteiger charge is -2.35. The van der Waals surface area contributed by atoms with Gasteiger partial charge in [0.15, 0.2) is 5.13 Å². The molecule has 1 aliphatic heterocycles. The Balaban J connectivity index is 1.78. The highest BCUT2D eigenvalue weighted by Crippen LogP contribution is 2.24. The second kappa shape index (κ2) is 5.69. The number of piperazine rings is 1. The number of rotatable bonds is 3. The van der Waals surface area contributed by atoms with E-state index in [-0.39, 0.29) is 0 Å². The average Bonchev–Trinajstić information content (AvgIpc) is 3.01. The van der Waals surface area contributed by atoms with Crippen molar-refractivity contribution in [1.82, 2.24) is 9.97 Å². The summed E-state index contributed by atoms with van der Waals surface area (Å²) >= 11 is 1.62. The fraction of sp³-hybridized carbons (Fsp3) is 0.357. The van der Waals surface area contributed by atoms with Gasteiger partial charge in [-0.1, -0.05) is 0 Å². The molecule has 110 valence electrons. The Bertz CT molecular complexity index is 636. The second-order valence-corrected chi connectivity index (χ2v) is 5.79. The standard InChI is InChI=1S/C14H16N4O2S/c1-10-2-3-15-12(11(10)13(19)20)17-5-7-18(8-6-17)14-16-4-9-21-14/h2-4,9H,5-8H2,1H3,(H,19,20). The number of thiazole rings is 1. The number of hydrogen-bond acceptors (Lipinski definition) is 6. The van der Waals surface area contributed by atoms with E-state index in [0.717, 1.165) is 36.9 Å². The van der Waals surface area contributed by atoms with Crippen LogP contribution in [0, 0.1) is 6.92 Å². The van der Waals surface area contributed by atoms with E-state index in [4.69, 9.17) is 0 Å². The van der Waals surface area contributed by atoms with Gasteiger partial charge in [0, 0.05) is 44.0 Å². The molecule has 0 amide bonds. The molecule has 0 aromatic carbocycles. The van der Waals surface area contributed by atoms with Crippen molar-refractivity contribution in [3.8, 4) is 0 Å². The maximum atomic E-state index is 11.5. The molecule has 1 fully saturated rings. The van der Waals surface area contributed by atoms with E-state index < -0.39 is 5.97 Å². The third kappa shape index (κ3) is 2.69. The number of aryl methyl sites for hydroxylation is 1. The Morgan fingerprint density at radius 2 is 1.90 bits per heavy atom. The third-order valence-corrected chi connectivity index (χ3v) is 4.45. The van der Waals surface area contributed by atoms with E-state index in [0.29, 0.717) is 11.4 Å². The Hall–Kier alpha value is -2.15. The predicted molar refractivity (Wildman–Crippen MR) is 82.5 cm³/mol. The van der Waals surface area contributed by atoms with E-state index >= 15 is 0 Å². The quantitative estimate of drug-likeness (QED) is 0.933. The SMILES string of the molecule is Cc1ccnc(N2CCN(c3nccs3)CC2)c1C(=O)O. The first-order chi connectivity index (χ1) is 10.2. The normalized spacial score (nSPS) is 15.3. The second-order valence-electron chi connectivity index (χ2n) is 4.92. The molecular weight excluding hydrogens is 288 g/mol. The molecular formula is C14H16N4O2S. The van der Waals surface area contributed by atoms with Crippen LogP contribution in [0.2, 0.25) is 0 Å². The smallest absolute Gasteiger partial charge is 0.339 e. The summed E-state index contributed by atoms with van der Waals surface area (Å²) < 4.78 is 0. The molecule has 1 saturated heterocycles. The largest absolute Gasteiger partial charge is 0.478 e. The van der Waals surface area contributed by atoms with Crippen LogP contribution in [0.15, 0.2) is 23.8 Å². The topological polar surface area (TPSA) is 69.6 Å². The molecule has 0 atom stereocenters. The monoisotopic (exact) mass is 304 g/mol. The van der Waals surface area contributed by atoms with Crippen molar-refractivity contribution in [2.75, 3.05) is 36.0 Å². The fourth-order valence-electron chi connectivity index (χ4n) is 2.53. The zero-order valence-electron chi connectivity index (χ0n) is 11.7. The van der Waals surface area contributed by atoms with Crippen molar-refractivity contribution in [3.63, 3.8) is 0 Å². The van der Waals surface area contributed by atoms with E-state index in [9.17, 15) is 9.90 Å². The van der Waals surface area contributed by atoms with Crippen LogP contribution in [0.3, 0.4) is 0 Å². The Morgan fingerprint density at radius 1 is 1.19 bits per heavy atom. The number of hydrogen-bond donors (Lipinski definition) is 1. The molecule has 0 bridgehead atoms. The van der Waals surface area contributed by atoms with Gasteiger partial charge in [-0.3, -0.25) is 0 Å². The van der Waals surface area contributed by atoms with E-state index in [1.165, 1.54) is 0 Å². The van der Waals surface area contributed by atoms with Crippen LogP contribution < -0.4 is 9.80 Å². The van der Waals surface area contributed by atoms with Crippen molar-refractivity contribution in [2.24, 2.45) is 0 Å². The summed E-state index contributed by atoms with van der Waals surface area (Å²) in [5.74, 6) is -0.348. The van der Waals surface area contributed by atoms with E-state index in [2.05, 4.69) is 14.9 Å². The van der Waals surface area contributed by atoms with E-state index in [1.807, 2.05) is 10.3 Å². The Labute approximate surface area is 126 Å². The highest BCUT2D eigenvalue weighted by atomic mass is 32.1. The van der Waals surface area contributed by atoms with Gasteiger partial charge >= 0.3 is 5.97 Å². The first kappa shape index (κ1) is 13.8. The highest BCUT2D eigenvalue weighted by Gasteiger charge is 2.24. The molecule has 1 aliphatic rings. The van der Waals surface area contributed by atoms with Gasteiger partial charge in [0.25, 0.3) is 0 Å². The van der Waals surface area contributed by atoms with Gasteiger partial charge in [-0.05, 0) is 18.6 Å². The summed E-state index contributed by atoms with van der Waals surface area (Å²) in [6.07, 6.45) is 3.47. The number of carboxylic acid groups (broad SMARTS) is 1. The van der Waals surface area contributed by atoms with Crippen LogP contribution in [0.4, 0.5) is 10.9 Å². The minimum Gasteiger partial charge on any atom is -0.478 e. The maximum Gasteiger partial charge on any atom is 0.339 e. The van der Waals surface area contributed by atoms with Gasteiger partial charge in [0.1, 0.15) is 11.4 Å². The van der Waals surface area contributed by atoms with Gasteiger partial charge in [-0.2, -0.15) is 0 Å². The molecule has 0 radical (unpaired) electrons. The predicted octanol–water partition coefficient (Wildman–Crippen LogP) is 1.87. The molecule has 2 aromatic heterocycles. The van der Waals surface area contributed by atoms with Crippen LogP contribution in [0.1, 0.15) is 15.9 Å². The molecule has 21 heavy (non-hydrogen) atoms. The van der Waals surface area contributed by atoms with Gasteiger partial charge in [-0.15, -0.1) is 11.3 Å². The molecule has 3 rings (SSSR count). The molecule has 0 aliphatic carbocycles. The molecule has 0 saturated carbocycles. The minimum absolute atomic E-state index is 0.306. The van der Waals surface area contributed by atoms with Crippen LogP contribution in [0.25, 0.3) is 0 Å². The number of aromatic carboxylic acids is 1. The Morgan fingerprint density at radius 3 is 2.52 bits per heavy atom. The lowest BCUT2D eigenvalue weighted by molar-refractivity contribution is 0.0696. The minimum atomic E-state index is -0.919. The van der Waals surface area contributed by atoms with Gasteiger partial charge < -0.3 is 14.9 Å². The number of carbonyl (C=O) groups is 1. The number of aromatic nitrogens is 2. The summed E-state index contributed by atoms with van der Waals surface area (Å²) in [6, 6.07) is 1.73. The Kier molecular flexibility index (Phi) is 3.74. The maximum absolute atomic E-state index is 11.5. The first-order valence-electron chi connectivity index (χ1n) is 6.75. The summed E-state index contributed by atoms with van der Waals surface area (Å²) in [4.78, 5) is 24.3. The first-order valence-corrected chi connectivity index (χ1v) is 7.63. The summed E-state index contributed by atoms with van der Waals surface area (Å²) in [5.41, 5.74) is 1.05. The lowest BCUT2D eigenvalue weighted by Crippen LogP contribution is -2.47. The van der Waals surface area contributed by atoms with E-state index in [1.54, 1.807) is 36.7 Å². The van der Waals surface area contributed by atoms with Gasteiger partial charge in [0.05, 0.1) is 0 Å². The summed E-state index contributed by atoms with van der Waals surface area (Å²) in [6.45, 7) is 4.94. The van der Waals surface area contributed by atoms with Gasteiger partial charge in [0.2, 0.25) is 0 Å². The van der Waals surface area contributed by atoms with Crippen molar-refractivity contribution in [2.45, 2.75) is 6.92 Å². The van der Waals surface area contributed by atoms with Crippen molar-refractivity contribution >= 4 is 28.3 Å². The molecule has 0 unspecified atom stereocenters. The van der Waals surface area contributed by atoms with Crippen molar-refractivity contribution < 1.29 is 9.90 Å². The molecule has 0 spiro atoms. The molecule has 3 heterocycles. The van der Waals surface area contributed by atoms with Crippen LogP contribution >= 0.6 is 11.3 Å².